The van der Waals surface area contributed by atoms with Gasteiger partial charge in [0.2, 0.25) is 11.8 Å². The van der Waals surface area contributed by atoms with E-state index in [1.54, 1.807) is 31.2 Å². The number of benzene rings is 2. The topological polar surface area (TPSA) is 104 Å². The van der Waals surface area contributed by atoms with Crippen molar-refractivity contribution in [2.45, 2.75) is 20.3 Å². The van der Waals surface area contributed by atoms with Gasteiger partial charge in [-0.25, -0.2) is 4.98 Å². The minimum Gasteiger partial charge on any atom is -0.352 e. The van der Waals surface area contributed by atoms with E-state index < -0.39 is 5.91 Å². The highest BCUT2D eigenvalue weighted by Gasteiger charge is 2.08. The van der Waals surface area contributed by atoms with E-state index in [1.165, 1.54) is 13.0 Å². The van der Waals surface area contributed by atoms with Gasteiger partial charge in [0.1, 0.15) is 5.82 Å². The number of fused-ring (bicyclic) bond motifs is 1. The van der Waals surface area contributed by atoms with E-state index in [0.717, 1.165) is 16.9 Å². The van der Waals surface area contributed by atoms with Crippen LogP contribution in [0.5, 0.6) is 0 Å². The summed E-state index contributed by atoms with van der Waals surface area (Å²) in [5.41, 5.74) is 3.26. The third-order valence-corrected chi connectivity index (χ3v) is 4.35. The maximum absolute atomic E-state index is 12.2. The summed E-state index contributed by atoms with van der Waals surface area (Å²) in [6.07, 6.45) is 1.80. The summed E-state index contributed by atoms with van der Waals surface area (Å²) < 4.78 is 0. The van der Waals surface area contributed by atoms with Crippen LogP contribution in [0, 0.1) is 0 Å². The first-order valence-electron chi connectivity index (χ1n) is 9.24. The Balaban J connectivity index is 1.49. The number of aromatic amines is 1. The van der Waals surface area contributed by atoms with Crippen LogP contribution >= 0.6 is 0 Å². The fourth-order valence-electron chi connectivity index (χ4n) is 2.79. The van der Waals surface area contributed by atoms with Crippen LogP contribution in [0.25, 0.3) is 11.0 Å². The zero-order valence-corrected chi connectivity index (χ0v) is 16.3. The zero-order valence-electron chi connectivity index (χ0n) is 16.3. The Hall–Kier alpha value is -3.74. The molecule has 0 spiro atoms. The first-order valence-corrected chi connectivity index (χ1v) is 9.24. The Kier molecular flexibility index (Phi) is 6.19. The van der Waals surface area contributed by atoms with Crippen LogP contribution in [0.2, 0.25) is 0 Å². The number of hydrogen-bond acceptors (Lipinski definition) is 4. The van der Waals surface area contributed by atoms with E-state index in [2.05, 4.69) is 20.6 Å². The van der Waals surface area contributed by atoms with Gasteiger partial charge < -0.3 is 15.6 Å². The number of ketones is 1. The molecule has 3 aromatic rings. The van der Waals surface area contributed by atoms with Gasteiger partial charge in [-0.1, -0.05) is 12.1 Å². The lowest BCUT2D eigenvalue weighted by Gasteiger charge is -2.06. The van der Waals surface area contributed by atoms with Gasteiger partial charge in [0.25, 0.3) is 0 Å². The molecule has 0 unspecified atom stereocenters. The molecule has 0 saturated heterocycles. The smallest absolute Gasteiger partial charge is 0.248 e. The molecule has 1 aromatic heterocycles. The van der Waals surface area contributed by atoms with Gasteiger partial charge in [-0.3, -0.25) is 14.4 Å². The number of carbonyl (C=O) groups excluding carboxylic acids is 3. The van der Waals surface area contributed by atoms with Crippen molar-refractivity contribution in [3.05, 3.63) is 71.6 Å². The molecule has 0 aliphatic rings. The third-order valence-electron chi connectivity index (χ3n) is 4.35. The molecule has 0 bridgehead atoms. The molecule has 0 aliphatic carbocycles. The third kappa shape index (κ3) is 5.38. The van der Waals surface area contributed by atoms with Crippen LogP contribution in [0.3, 0.4) is 0 Å². The highest BCUT2D eigenvalue weighted by atomic mass is 16.2. The van der Waals surface area contributed by atoms with E-state index in [9.17, 15) is 14.4 Å². The number of rotatable bonds is 7. The van der Waals surface area contributed by atoms with Crippen molar-refractivity contribution in [2.75, 3.05) is 11.9 Å². The van der Waals surface area contributed by atoms with E-state index in [1.807, 2.05) is 24.3 Å². The van der Waals surface area contributed by atoms with Gasteiger partial charge in [-0.05, 0) is 50.2 Å². The minimum atomic E-state index is -0.412. The van der Waals surface area contributed by atoms with Crippen LogP contribution in [0.1, 0.15) is 30.0 Å². The maximum atomic E-state index is 12.2. The molecule has 148 valence electrons. The highest BCUT2D eigenvalue weighted by molar-refractivity contribution is 6.06. The van der Waals surface area contributed by atoms with Gasteiger partial charge in [-0.2, -0.15) is 0 Å². The van der Waals surface area contributed by atoms with Crippen molar-refractivity contribution < 1.29 is 14.4 Å². The molecule has 0 radical (unpaired) electrons. The number of Topliss-reactive ketones (excluding diaryl/α,β-unsaturated/α-hetero) is 1. The molecule has 2 amide bonds. The standard InChI is InChI=1S/C22H22N4O3/c1-14(13-21(28)24-17-9-7-16(8-10-17)15(2)27)22(29)23-12-11-20-25-18-5-3-4-6-19(18)26-20/h3-10,13H,11-12H2,1-2H3,(H,23,29)(H,24,28)(H,25,26)/b14-13-. The molecule has 0 atom stereocenters. The van der Waals surface area contributed by atoms with Crippen molar-refractivity contribution in [3.63, 3.8) is 0 Å². The average Bonchev–Trinajstić information content (AvgIpc) is 3.11. The summed E-state index contributed by atoms with van der Waals surface area (Å²) in [7, 11) is 0. The summed E-state index contributed by atoms with van der Waals surface area (Å²) in [5.74, 6) is 0.0199. The van der Waals surface area contributed by atoms with E-state index in [4.69, 9.17) is 0 Å². The SMILES string of the molecule is CC(=O)c1ccc(NC(=O)/C=C(/C)C(=O)NCCc2nc3ccccc3[nH]2)cc1. The molecule has 1 heterocycles. The number of nitrogens with one attached hydrogen (secondary N) is 3. The van der Waals surface area contributed by atoms with Crippen molar-refractivity contribution in [1.29, 1.82) is 0 Å². The summed E-state index contributed by atoms with van der Waals surface area (Å²) in [5, 5.41) is 5.45. The van der Waals surface area contributed by atoms with Crippen molar-refractivity contribution >= 4 is 34.3 Å². The first-order chi connectivity index (χ1) is 13.9. The predicted molar refractivity (Wildman–Crippen MR) is 112 cm³/mol. The monoisotopic (exact) mass is 390 g/mol. The van der Waals surface area contributed by atoms with E-state index >= 15 is 0 Å². The summed E-state index contributed by atoms with van der Waals surface area (Å²) in [6, 6.07) is 14.3. The van der Waals surface area contributed by atoms with Gasteiger partial charge in [-0.15, -0.1) is 0 Å². The second-order valence-electron chi connectivity index (χ2n) is 6.66. The molecule has 0 fully saturated rings. The highest BCUT2D eigenvalue weighted by Crippen LogP contribution is 2.11. The van der Waals surface area contributed by atoms with E-state index in [0.29, 0.717) is 29.8 Å². The minimum absolute atomic E-state index is 0.0436. The van der Waals surface area contributed by atoms with Crippen LogP contribution < -0.4 is 10.6 Å². The quantitative estimate of drug-likeness (QED) is 0.426. The van der Waals surface area contributed by atoms with Crippen molar-refractivity contribution in [2.24, 2.45) is 0 Å². The molecule has 2 aromatic carbocycles. The summed E-state index contributed by atoms with van der Waals surface area (Å²) in [4.78, 5) is 43.2. The van der Waals surface area contributed by atoms with Crippen molar-refractivity contribution in [3.8, 4) is 0 Å². The van der Waals surface area contributed by atoms with E-state index in [-0.39, 0.29) is 11.7 Å². The molecular weight excluding hydrogens is 368 g/mol. The number of para-hydroxylation sites is 2. The fraction of sp³-hybridized carbons (Fsp3) is 0.182. The van der Waals surface area contributed by atoms with Gasteiger partial charge in [0.05, 0.1) is 11.0 Å². The molecule has 0 aliphatic heterocycles. The lowest BCUT2D eigenvalue weighted by Crippen LogP contribution is -2.27. The molecule has 3 rings (SSSR count). The molecule has 29 heavy (non-hydrogen) atoms. The molecule has 7 heteroatoms. The molecule has 0 saturated carbocycles. The van der Waals surface area contributed by atoms with Crippen LogP contribution in [0.15, 0.2) is 60.2 Å². The number of H-pyrrole nitrogens is 1. The Morgan fingerprint density at radius 1 is 1.03 bits per heavy atom. The number of amides is 2. The number of nitrogens with zero attached hydrogens (tertiary/aromatic N) is 1. The average molecular weight is 390 g/mol. The largest absolute Gasteiger partial charge is 0.352 e. The normalized spacial score (nSPS) is 11.3. The van der Waals surface area contributed by atoms with Crippen LogP contribution in [0.4, 0.5) is 5.69 Å². The van der Waals surface area contributed by atoms with Gasteiger partial charge >= 0.3 is 0 Å². The summed E-state index contributed by atoms with van der Waals surface area (Å²) >= 11 is 0. The lowest BCUT2D eigenvalue weighted by atomic mass is 10.1. The lowest BCUT2D eigenvalue weighted by molar-refractivity contribution is -0.118. The maximum Gasteiger partial charge on any atom is 0.248 e. The number of carbonyl (C=O) groups is 3. The summed E-state index contributed by atoms with van der Waals surface area (Å²) in [6.45, 7) is 3.46. The number of hydrogen-bond donors (Lipinski definition) is 3. The molecule has 3 N–H and O–H groups in total. The van der Waals surface area contributed by atoms with Gasteiger partial charge in [0, 0.05) is 35.9 Å². The Morgan fingerprint density at radius 3 is 2.45 bits per heavy atom. The van der Waals surface area contributed by atoms with Crippen molar-refractivity contribution in [1.82, 2.24) is 15.3 Å². The van der Waals surface area contributed by atoms with Crippen LogP contribution in [-0.4, -0.2) is 34.1 Å². The Morgan fingerprint density at radius 2 is 1.76 bits per heavy atom. The van der Waals surface area contributed by atoms with Crippen LogP contribution in [-0.2, 0) is 16.0 Å². The van der Waals surface area contributed by atoms with Gasteiger partial charge in [0.15, 0.2) is 5.78 Å². The second-order valence-corrected chi connectivity index (χ2v) is 6.66. The number of aromatic nitrogens is 2. The number of anilines is 1. The fourth-order valence-corrected chi connectivity index (χ4v) is 2.79. The second kappa shape index (κ2) is 8.97. The molecule has 7 nitrogen and oxygen atoms in total. The molecular formula is C22H22N4O3. The Bertz CT molecular complexity index is 1050. The zero-order chi connectivity index (χ0) is 20.8. The Labute approximate surface area is 168 Å². The number of imidazole rings is 1. The first kappa shape index (κ1) is 20.0. The predicted octanol–water partition coefficient (Wildman–Crippen LogP) is 3.01.